The molecular weight excluding hydrogens is 328 g/mol. The van der Waals surface area contributed by atoms with Gasteiger partial charge >= 0.3 is 12.1 Å². The van der Waals surface area contributed by atoms with Gasteiger partial charge in [-0.15, -0.1) is 11.3 Å². The minimum Gasteiger partial charge on any atom is -0.480 e. The Morgan fingerprint density at radius 3 is 2.54 bits per heavy atom. The highest BCUT2D eigenvalue weighted by Crippen LogP contribution is 2.29. The average molecular weight is 354 g/mol. The molecule has 1 aromatic rings. The first-order valence-corrected chi connectivity index (χ1v) is 9.12. The van der Waals surface area contributed by atoms with E-state index in [1.807, 2.05) is 12.1 Å². The Hall–Kier alpha value is -1.76. The van der Waals surface area contributed by atoms with Gasteiger partial charge in [-0.3, -0.25) is 0 Å². The molecule has 2 rings (SSSR count). The maximum Gasteiger partial charge on any atom is 0.408 e. The van der Waals surface area contributed by atoms with Crippen molar-refractivity contribution >= 4 is 28.4 Å². The molecule has 6 nitrogen and oxygen atoms in total. The monoisotopic (exact) mass is 354 g/mol. The molecule has 2 N–H and O–H groups in total. The number of hydrogen-bond acceptors (Lipinski definition) is 5. The number of nitrogens with zero attached hydrogens (tertiary/aromatic N) is 1. The third-order valence-electron chi connectivity index (χ3n) is 3.71. The molecule has 1 aliphatic heterocycles. The van der Waals surface area contributed by atoms with Gasteiger partial charge < -0.3 is 20.1 Å². The summed E-state index contributed by atoms with van der Waals surface area (Å²) in [6.07, 6.45) is 3.22. The van der Waals surface area contributed by atoms with Gasteiger partial charge in [-0.1, -0.05) is 0 Å². The molecule has 0 bridgehead atoms. The summed E-state index contributed by atoms with van der Waals surface area (Å²) >= 11 is 1.60. The molecule has 1 saturated heterocycles. The van der Waals surface area contributed by atoms with Crippen LogP contribution in [0.3, 0.4) is 0 Å². The number of anilines is 1. The summed E-state index contributed by atoms with van der Waals surface area (Å²) in [5, 5.41) is 13.0. The smallest absolute Gasteiger partial charge is 0.408 e. The topological polar surface area (TPSA) is 78.9 Å². The zero-order chi connectivity index (χ0) is 17.7. The molecule has 0 aliphatic carbocycles. The van der Waals surface area contributed by atoms with Crippen LogP contribution in [-0.2, 0) is 16.0 Å². The van der Waals surface area contributed by atoms with Gasteiger partial charge in [0.15, 0.2) is 0 Å². The summed E-state index contributed by atoms with van der Waals surface area (Å²) in [6, 6.07) is 2.99. The molecular formula is C17H26N2O4S. The fourth-order valence-corrected chi connectivity index (χ4v) is 3.71. The van der Waals surface area contributed by atoms with E-state index < -0.39 is 23.7 Å². The van der Waals surface area contributed by atoms with E-state index in [-0.39, 0.29) is 6.42 Å². The lowest BCUT2D eigenvalue weighted by molar-refractivity contribution is -0.139. The van der Waals surface area contributed by atoms with Crippen LogP contribution in [0.25, 0.3) is 0 Å². The molecule has 0 spiro atoms. The molecule has 24 heavy (non-hydrogen) atoms. The Labute approximate surface area is 146 Å². The normalized spacial score (nSPS) is 16.5. The van der Waals surface area contributed by atoms with Crippen LogP contribution in [0.1, 0.15) is 44.9 Å². The standard InChI is InChI=1S/C17H26N2O4S/c1-17(2,3)23-16(22)18-13(15(20)21)11-12-7-8-14(24-12)19-9-5-4-6-10-19/h7-8,13H,4-6,9-11H2,1-3H3,(H,18,22)(H,20,21). The third-order valence-corrected chi connectivity index (χ3v) is 4.88. The number of hydrogen-bond donors (Lipinski definition) is 2. The molecule has 0 saturated carbocycles. The number of carbonyl (C=O) groups is 2. The first-order valence-electron chi connectivity index (χ1n) is 8.30. The van der Waals surface area contributed by atoms with E-state index in [4.69, 9.17) is 4.74 Å². The predicted octanol–water partition coefficient (Wildman–Crippen LogP) is 3.26. The van der Waals surface area contributed by atoms with Crippen LogP contribution in [0.2, 0.25) is 0 Å². The summed E-state index contributed by atoms with van der Waals surface area (Å²) in [4.78, 5) is 26.5. The van der Waals surface area contributed by atoms with Crippen molar-refractivity contribution in [2.24, 2.45) is 0 Å². The highest BCUT2D eigenvalue weighted by atomic mass is 32.1. The Morgan fingerprint density at radius 1 is 1.29 bits per heavy atom. The van der Waals surface area contributed by atoms with Crippen molar-refractivity contribution in [1.82, 2.24) is 5.32 Å². The lowest BCUT2D eigenvalue weighted by atomic mass is 10.1. The molecule has 1 atom stereocenters. The number of alkyl carbamates (subject to hydrolysis) is 1. The zero-order valence-corrected chi connectivity index (χ0v) is 15.3. The number of amides is 1. The number of ether oxygens (including phenoxy) is 1. The van der Waals surface area contributed by atoms with Crippen LogP contribution in [0.5, 0.6) is 0 Å². The Morgan fingerprint density at radius 2 is 1.96 bits per heavy atom. The fourth-order valence-electron chi connectivity index (χ4n) is 2.61. The van der Waals surface area contributed by atoms with Crippen molar-refractivity contribution in [2.75, 3.05) is 18.0 Å². The number of thiophene rings is 1. The molecule has 1 aromatic heterocycles. The first-order chi connectivity index (χ1) is 11.2. The number of piperidine rings is 1. The number of carboxylic acids is 1. The second-order valence-electron chi connectivity index (χ2n) is 7.03. The summed E-state index contributed by atoms with van der Waals surface area (Å²) < 4.78 is 5.14. The lowest BCUT2D eigenvalue weighted by Gasteiger charge is -2.27. The maximum absolute atomic E-state index is 11.8. The van der Waals surface area contributed by atoms with Gasteiger partial charge in [0.25, 0.3) is 0 Å². The number of carboxylic acid groups (broad SMARTS) is 1. The highest BCUT2D eigenvalue weighted by Gasteiger charge is 2.25. The number of rotatable bonds is 5. The van der Waals surface area contributed by atoms with E-state index in [0.717, 1.165) is 18.0 Å². The van der Waals surface area contributed by atoms with Crippen molar-refractivity contribution < 1.29 is 19.4 Å². The number of nitrogens with one attached hydrogen (secondary N) is 1. The SMILES string of the molecule is CC(C)(C)OC(=O)NC(Cc1ccc(N2CCCCC2)s1)C(=O)O. The number of aliphatic carboxylic acids is 1. The Kier molecular flexibility index (Phi) is 6.10. The summed E-state index contributed by atoms with van der Waals surface area (Å²) in [7, 11) is 0. The third kappa shape index (κ3) is 5.70. The predicted molar refractivity (Wildman–Crippen MR) is 94.9 cm³/mol. The van der Waals surface area contributed by atoms with E-state index in [1.54, 1.807) is 32.1 Å². The molecule has 0 radical (unpaired) electrons. The summed E-state index contributed by atoms with van der Waals surface area (Å²) in [5.41, 5.74) is -0.655. The molecule has 134 valence electrons. The van der Waals surface area contributed by atoms with Gasteiger partial charge in [0.05, 0.1) is 5.00 Å². The van der Waals surface area contributed by atoms with Crippen LogP contribution in [0, 0.1) is 0 Å². The molecule has 7 heteroatoms. The van der Waals surface area contributed by atoms with Crippen molar-refractivity contribution in [3.05, 3.63) is 17.0 Å². The second kappa shape index (κ2) is 7.88. The number of carbonyl (C=O) groups excluding carboxylic acids is 1. The Balaban J connectivity index is 1.96. The van der Waals surface area contributed by atoms with E-state index in [0.29, 0.717) is 0 Å². The van der Waals surface area contributed by atoms with E-state index in [2.05, 4.69) is 10.2 Å². The summed E-state index contributed by atoms with van der Waals surface area (Å²) in [5.74, 6) is -1.06. The van der Waals surface area contributed by atoms with Crippen LogP contribution in [0.15, 0.2) is 12.1 Å². The van der Waals surface area contributed by atoms with Crippen molar-refractivity contribution in [1.29, 1.82) is 0 Å². The molecule has 2 heterocycles. The summed E-state index contributed by atoms with van der Waals surface area (Å²) in [6.45, 7) is 7.34. The molecule has 1 aliphatic rings. The van der Waals surface area contributed by atoms with Gasteiger partial charge in [-0.25, -0.2) is 9.59 Å². The minimum atomic E-state index is -1.06. The van der Waals surface area contributed by atoms with Gasteiger partial charge in [0.1, 0.15) is 11.6 Å². The molecule has 1 amide bonds. The lowest BCUT2D eigenvalue weighted by Crippen LogP contribution is -2.44. The van der Waals surface area contributed by atoms with Crippen molar-refractivity contribution in [3.63, 3.8) is 0 Å². The van der Waals surface area contributed by atoms with Crippen LogP contribution in [-0.4, -0.2) is 41.9 Å². The average Bonchev–Trinajstić information content (AvgIpc) is 2.94. The second-order valence-corrected chi connectivity index (χ2v) is 8.18. The quantitative estimate of drug-likeness (QED) is 0.848. The largest absolute Gasteiger partial charge is 0.480 e. The van der Waals surface area contributed by atoms with Gasteiger partial charge in [0, 0.05) is 24.4 Å². The van der Waals surface area contributed by atoms with E-state index in [9.17, 15) is 14.7 Å². The molecule has 1 unspecified atom stereocenters. The van der Waals surface area contributed by atoms with E-state index in [1.165, 1.54) is 24.3 Å². The molecule has 1 fully saturated rings. The van der Waals surface area contributed by atoms with Crippen molar-refractivity contribution in [3.8, 4) is 0 Å². The zero-order valence-electron chi connectivity index (χ0n) is 14.5. The maximum atomic E-state index is 11.8. The van der Waals surface area contributed by atoms with Gasteiger partial charge in [-0.05, 0) is 52.2 Å². The minimum absolute atomic E-state index is 0.257. The first kappa shape index (κ1) is 18.6. The molecule has 0 aromatic carbocycles. The van der Waals surface area contributed by atoms with Gasteiger partial charge in [-0.2, -0.15) is 0 Å². The van der Waals surface area contributed by atoms with E-state index >= 15 is 0 Å². The fraction of sp³-hybridized carbons (Fsp3) is 0.647. The van der Waals surface area contributed by atoms with Crippen molar-refractivity contribution in [2.45, 2.75) is 58.1 Å². The van der Waals surface area contributed by atoms with Crippen LogP contribution >= 0.6 is 11.3 Å². The van der Waals surface area contributed by atoms with Crippen LogP contribution < -0.4 is 10.2 Å². The van der Waals surface area contributed by atoms with Gasteiger partial charge in [0.2, 0.25) is 0 Å². The highest BCUT2D eigenvalue weighted by molar-refractivity contribution is 7.16. The Bertz CT molecular complexity index is 573. The van der Waals surface area contributed by atoms with Crippen LogP contribution in [0.4, 0.5) is 9.80 Å².